The summed E-state index contributed by atoms with van der Waals surface area (Å²) in [5.74, 6) is -3.14. The van der Waals surface area contributed by atoms with Crippen LogP contribution in [0.3, 0.4) is 0 Å². The van der Waals surface area contributed by atoms with E-state index < -0.39 is 40.3 Å². The topological polar surface area (TPSA) is 82.7 Å². The number of allylic oxidation sites excluding steroid dienone is 2. The van der Waals surface area contributed by atoms with Crippen LogP contribution >= 0.6 is 0 Å². The van der Waals surface area contributed by atoms with Gasteiger partial charge in [-0.1, -0.05) is 18.2 Å². The van der Waals surface area contributed by atoms with Gasteiger partial charge in [0.25, 0.3) is 0 Å². The lowest BCUT2D eigenvalue weighted by atomic mass is 9.94. The fourth-order valence-electron chi connectivity index (χ4n) is 3.75. The average Bonchev–Trinajstić information content (AvgIpc) is 2.83. The van der Waals surface area contributed by atoms with Gasteiger partial charge in [0.1, 0.15) is 11.6 Å². The first-order valence-electron chi connectivity index (χ1n) is 11.0. The minimum atomic E-state index is -4.39. The quantitative estimate of drug-likeness (QED) is 0.146. The van der Waals surface area contributed by atoms with Crippen LogP contribution in [0.25, 0.3) is 16.7 Å². The molecule has 194 valence electrons. The number of aliphatic imine (C=N–C) groups is 1. The highest BCUT2D eigenvalue weighted by Crippen LogP contribution is 2.38. The van der Waals surface area contributed by atoms with Gasteiger partial charge in [-0.25, -0.2) is 13.5 Å². The van der Waals surface area contributed by atoms with Gasteiger partial charge in [0, 0.05) is 43.1 Å². The van der Waals surface area contributed by atoms with Crippen molar-refractivity contribution in [2.75, 3.05) is 25.0 Å². The standard InChI is InChI=1S/C25H26F5N3O2S/c1-35-8-7-32-15-18(14-31)23-6-5-16(17-9-20(26)13-21(27)10-17)11-24(23)33-36(34)22-4-2-3-19(12-22)25(28,29)30/h2,4-6,9-11,13-15,19,22,33H,3,7-8,12,31H2,1H3. The van der Waals surface area contributed by atoms with Crippen LogP contribution in [0, 0.1) is 17.6 Å². The van der Waals surface area contributed by atoms with Crippen LogP contribution in [0.5, 0.6) is 0 Å². The predicted octanol–water partition coefficient (Wildman–Crippen LogP) is 5.62. The second-order valence-corrected chi connectivity index (χ2v) is 9.55. The number of ether oxygens (including phenoxy) is 1. The number of rotatable bonds is 9. The van der Waals surface area contributed by atoms with Crippen molar-refractivity contribution in [3.63, 3.8) is 0 Å². The third kappa shape index (κ3) is 7.31. The van der Waals surface area contributed by atoms with Crippen LogP contribution < -0.4 is 10.5 Å². The summed E-state index contributed by atoms with van der Waals surface area (Å²) in [7, 11) is 1.53. The van der Waals surface area contributed by atoms with Crippen molar-refractivity contribution < 1.29 is 31.2 Å². The van der Waals surface area contributed by atoms with Crippen molar-refractivity contribution in [2.24, 2.45) is 16.6 Å². The number of nitrogens with zero attached hydrogens (tertiary/aromatic N) is 1. The molecule has 3 rings (SSSR count). The lowest BCUT2D eigenvalue weighted by molar-refractivity contribution is -0.175. The maximum atomic E-state index is 13.8. The molecule has 5 nitrogen and oxygen atoms in total. The molecule has 0 amide bonds. The van der Waals surface area contributed by atoms with Gasteiger partial charge >= 0.3 is 6.18 Å². The number of nitrogens with two attached hydrogens (primary N) is 1. The highest BCUT2D eigenvalue weighted by Gasteiger charge is 2.43. The van der Waals surface area contributed by atoms with Gasteiger partial charge in [0.2, 0.25) is 0 Å². The fourth-order valence-corrected chi connectivity index (χ4v) is 4.95. The van der Waals surface area contributed by atoms with Crippen molar-refractivity contribution in [1.82, 2.24) is 0 Å². The Bertz CT molecular complexity index is 1120. The van der Waals surface area contributed by atoms with Crippen molar-refractivity contribution >= 4 is 28.8 Å². The Hall–Kier alpha value is -2.89. The Morgan fingerprint density at radius 1 is 1.19 bits per heavy atom. The molecule has 1 aliphatic rings. The lowest BCUT2D eigenvalue weighted by Gasteiger charge is -2.28. The smallest absolute Gasteiger partial charge is 0.392 e. The number of benzene rings is 2. The third-order valence-corrected chi connectivity index (χ3v) is 6.92. The van der Waals surface area contributed by atoms with Gasteiger partial charge < -0.3 is 15.0 Å². The van der Waals surface area contributed by atoms with Gasteiger partial charge in [-0.15, -0.1) is 0 Å². The molecule has 0 aromatic heterocycles. The van der Waals surface area contributed by atoms with E-state index in [1.807, 2.05) is 0 Å². The van der Waals surface area contributed by atoms with Crippen molar-refractivity contribution in [3.05, 3.63) is 71.9 Å². The molecule has 3 N–H and O–H groups in total. The van der Waals surface area contributed by atoms with Gasteiger partial charge in [-0.05, 0) is 41.8 Å². The zero-order chi connectivity index (χ0) is 26.3. The fraction of sp³-hybridized carbons (Fsp3) is 0.320. The van der Waals surface area contributed by atoms with Crippen molar-refractivity contribution in [1.29, 1.82) is 0 Å². The molecule has 11 heteroatoms. The summed E-state index contributed by atoms with van der Waals surface area (Å²) < 4.78 is 88.2. The van der Waals surface area contributed by atoms with Crippen LogP contribution in [-0.4, -0.2) is 42.5 Å². The Balaban J connectivity index is 1.97. The maximum absolute atomic E-state index is 13.8. The summed E-state index contributed by atoms with van der Waals surface area (Å²) in [6.45, 7) is 0.733. The Kier molecular flexibility index (Phi) is 9.52. The normalized spacial score (nSPS) is 19.6. The van der Waals surface area contributed by atoms with E-state index in [0.29, 0.717) is 29.9 Å². The number of hydrogen-bond donors (Lipinski definition) is 2. The first kappa shape index (κ1) is 27.7. The molecule has 0 radical (unpaired) electrons. The number of halogens is 5. The van der Waals surface area contributed by atoms with Gasteiger partial charge in [-0.2, -0.15) is 13.2 Å². The molecule has 1 aliphatic carbocycles. The van der Waals surface area contributed by atoms with Gasteiger partial charge in [-0.3, -0.25) is 4.99 Å². The molecule has 0 bridgehead atoms. The number of hydrogen-bond acceptors (Lipinski definition) is 5. The highest BCUT2D eigenvalue weighted by atomic mass is 32.2. The molecule has 3 unspecified atom stereocenters. The van der Waals surface area contributed by atoms with Crippen molar-refractivity contribution in [3.8, 4) is 11.1 Å². The third-order valence-electron chi connectivity index (χ3n) is 5.60. The van der Waals surface area contributed by atoms with Crippen molar-refractivity contribution in [2.45, 2.75) is 24.3 Å². The number of alkyl halides is 3. The molecule has 0 heterocycles. The monoisotopic (exact) mass is 527 g/mol. The maximum Gasteiger partial charge on any atom is 0.392 e. The number of nitrogens with one attached hydrogen (secondary N) is 1. The van der Waals surface area contributed by atoms with Crippen LogP contribution in [0.2, 0.25) is 0 Å². The zero-order valence-corrected chi connectivity index (χ0v) is 20.2. The molecule has 0 saturated carbocycles. The summed E-state index contributed by atoms with van der Waals surface area (Å²) in [6, 6.07) is 7.75. The molecule has 36 heavy (non-hydrogen) atoms. The zero-order valence-electron chi connectivity index (χ0n) is 19.4. The predicted molar refractivity (Wildman–Crippen MR) is 133 cm³/mol. The Labute approximate surface area is 209 Å². The average molecular weight is 528 g/mol. The van der Waals surface area contributed by atoms with E-state index in [9.17, 15) is 26.5 Å². The SMILES string of the molecule is COCCN=CC(=CN)c1ccc(-c2cc(F)cc(F)c2)cc1N[S+]([O-])C1C=CCC(C(F)(F)F)C1. The molecule has 2 aromatic carbocycles. The first-order valence-corrected chi connectivity index (χ1v) is 12.3. The number of anilines is 1. The lowest BCUT2D eigenvalue weighted by Crippen LogP contribution is -2.35. The summed E-state index contributed by atoms with van der Waals surface area (Å²) in [5, 5.41) is -0.894. The summed E-state index contributed by atoms with van der Waals surface area (Å²) in [5.41, 5.74) is 7.58. The minimum absolute atomic E-state index is 0.166. The van der Waals surface area contributed by atoms with Gasteiger partial charge in [0.05, 0.1) is 36.1 Å². The van der Waals surface area contributed by atoms with E-state index in [2.05, 4.69) is 9.71 Å². The molecular weight excluding hydrogens is 501 g/mol. The molecule has 0 fully saturated rings. The van der Waals surface area contributed by atoms with E-state index in [4.69, 9.17) is 10.5 Å². The van der Waals surface area contributed by atoms with Crippen LogP contribution in [-0.2, 0) is 16.1 Å². The van der Waals surface area contributed by atoms with Crippen LogP contribution in [0.4, 0.5) is 27.6 Å². The van der Waals surface area contributed by atoms with E-state index in [1.165, 1.54) is 37.7 Å². The minimum Gasteiger partial charge on any atom is -0.593 e. The molecular formula is C25H26F5N3O2S. The second-order valence-electron chi connectivity index (χ2n) is 8.14. The molecule has 2 aromatic rings. The molecule has 0 aliphatic heterocycles. The summed E-state index contributed by atoms with van der Waals surface area (Å²) >= 11 is -1.94. The summed E-state index contributed by atoms with van der Waals surface area (Å²) in [4.78, 5) is 4.22. The first-order chi connectivity index (χ1) is 17.1. The summed E-state index contributed by atoms with van der Waals surface area (Å²) in [6.07, 6.45) is 0.761. The largest absolute Gasteiger partial charge is 0.593 e. The molecule has 3 atom stereocenters. The van der Waals surface area contributed by atoms with E-state index >= 15 is 0 Å². The van der Waals surface area contributed by atoms with E-state index in [0.717, 1.165) is 18.2 Å². The Morgan fingerprint density at radius 3 is 2.56 bits per heavy atom. The molecule has 0 saturated heterocycles. The van der Waals surface area contributed by atoms with Crippen LogP contribution in [0.1, 0.15) is 18.4 Å². The van der Waals surface area contributed by atoms with Gasteiger partial charge in [0.15, 0.2) is 5.25 Å². The van der Waals surface area contributed by atoms with Crippen LogP contribution in [0.15, 0.2) is 59.7 Å². The number of methoxy groups -OCH3 is 1. The highest BCUT2D eigenvalue weighted by molar-refractivity contribution is 7.93. The Morgan fingerprint density at radius 2 is 1.92 bits per heavy atom. The second kappa shape index (κ2) is 12.4. The van der Waals surface area contributed by atoms with E-state index in [-0.39, 0.29) is 24.1 Å². The van der Waals surface area contributed by atoms with E-state index in [1.54, 1.807) is 12.1 Å². The molecule has 0 spiro atoms.